The van der Waals surface area contributed by atoms with E-state index in [1.165, 1.54) is 12.8 Å². The molecule has 0 amide bonds. The molecule has 36 heavy (non-hydrogen) atoms. The van der Waals surface area contributed by atoms with Gasteiger partial charge in [-0.3, -0.25) is 4.79 Å². The van der Waals surface area contributed by atoms with E-state index in [1.54, 1.807) is 0 Å². The fourth-order valence-electron chi connectivity index (χ4n) is 4.71. The molecule has 4 atom stereocenters. The standard InChI is InChI=1S/C17H23NO3.C3H6N6O6/c1-18-13-7-8-14(18)10-15(9-13)21-17(20)16(11-19)12-5-3-2-4-6-12;10-7(11)4-1-5(8(12)13)3-6(2-4)9(14)15/h2-6,13-16,19H,7-11H2,1H3;1-3H2/t13-,14+,15+,16?;. The van der Waals surface area contributed by atoms with Gasteiger partial charge in [-0.05, 0) is 38.3 Å². The number of piperidine rings is 1. The first-order valence-corrected chi connectivity index (χ1v) is 11.4. The lowest BCUT2D eigenvalue weighted by Crippen LogP contribution is -2.59. The number of carbonyl (C=O) groups excluding carboxylic acids is 1. The van der Waals surface area contributed by atoms with Crippen LogP contribution in [-0.4, -0.2) is 97.9 Å². The number of hydrogen-bond donors (Lipinski definition) is 1. The van der Waals surface area contributed by atoms with E-state index in [2.05, 4.69) is 11.9 Å². The van der Waals surface area contributed by atoms with Gasteiger partial charge in [-0.2, -0.15) is 0 Å². The van der Waals surface area contributed by atoms with Crippen molar-refractivity contribution in [1.29, 1.82) is 0 Å². The molecule has 1 N–H and O–H groups in total. The Morgan fingerprint density at radius 2 is 1.39 bits per heavy atom. The summed E-state index contributed by atoms with van der Waals surface area (Å²) in [5.74, 6) is -0.860. The number of nitrogens with zero attached hydrogens (tertiary/aromatic N) is 7. The molecule has 3 fully saturated rings. The van der Waals surface area contributed by atoms with Crippen molar-refractivity contribution in [1.82, 2.24) is 19.9 Å². The van der Waals surface area contributed by atoms with Gasteiger partial charge in [-0.25, -0.2) is 30.3 Å². The number of hydrazine groups is 3. The zero-order valence-corrected chi connectivity index (χ0v) is 19.7. The highest BCUT2D eigenvalue weighted by molar-refractivity contribution is 5.78. The van der Waals surface area contributed by atoms with E-state index in [4.69, 9.17) is 4.74 Å². The number of ether oxygens (including phenoxy) is 1. The number of aliphatic hydroxyl groups excluding tert-OH is 1. The third kappa shape index (κ3) is 6.45. The van der Waals surface area contributed by atoms with Crippen molar-refractivity contribution in [3.63, 3.8) is 0 Å². The molecular weight excluding hydrogens is 482 g/mol. The van der Waals surface area contributed by atoms with Crippen molar-refractivity contribution in [3.05, 3.63) is 66.2 Å². The predicted molar refractivity (Wildman–Crippen MR) is 121 cm³/mol. The quantitative estimate of drug-likeness (QED) is 0.299. The van der Waals surface area contributed by atoms with Crippen molar-refractivity contribution >= 4 is 5.97 Å². The lowest BCUT2D eigenvalue weighted by Gasteiger charge is -2.36. The predicted octanol–water partition coefficient (Wildman–Crippen LogP) is 0.285. The van der Waals surface area contributed by atoms with Crippen molar-refractivity contribution in [2.45, 2.75) is 49.8 Å². The Morgan fingerprint density at radius 1 is 0.944 bits per heavy atom. The number of fused-ring (bicyclic) bond motifs is 2. The average Bonchev–Trinajstić information content (AvgIpc) is 3.05. The van der Waals surface area contributed by atoms with Crippen LogP contribution in [0.3, 0.4) is 0 Å². The van der Waals surface area contributed by atoms with E-state index >= 15 is 0 Å². The van der Waals surface area contributed by atoms with Gasteiger partial charge in [-0.1, -0.05) is 45.4 Å². The minimum atomic E-state index is -0.924. The summed E-state index contributed by atoms with van der Waals surface area (Å²) in [6.07, 6.45) is 4.26. The number of esters is 1. The van der Waals surface area contributed by atoms with Crippen LogP contribution in [-0.2, 0) is 9.53 Å². The highest BCUT2D eigenvalue weighted by atomic mass is 16.7. The van der Waals surface area contributed by atoms with E-state index < -0.39 is 41.0 Å². The first kappa shape index (κ1) is 26.8. The van der Waals surface area contributed by atoms with Crippen molar-refractivity contribution < 1.29 is 29.7 Å². The Labute approximate surface area is 206 Å². The monoisotopic (exact) mass is 511 g/mol. The average molecular weight is 511 g/mol. The van der Waals surface area contributed by atoms with Gasteiger partial charge >= 0.3 is 5.97 Å². The summed E-state index contributed by atoms with van der Waals surface area (Å²) in [5.41, 5.74) is 0.820. The Bertz CT molecular complexity index is 885. The van der Waals surface area contributed by atoms with E-state index in [0.29, 0.717) is 27.1 Å². The lowest BCUT2D eigenvalue weighted by atomic mass is 9.98. The summed E-state index contributed by atoms with van der Waals surface area (Å²) >= 11 is 0. The molecule has 2 bridgehead atoms. The molecule has 198 valence electrons. The van der Waals surface area contributed by atoms with Crippen LogP contribution in [0, 0.1) is 30.3 Å². The lowest BCUT2D eigenvalue weighted by molar-refractivity contribution is -0.775. The summed E-state index contributed by atoms with van der Waals surface area (Å²) in [4.78, 5) is 45.8. The minimum Gasteiger partial charge on any atom is -0.462 e. The largest absolute Gasteiger partial charge is 0.462 e. The zero-order valence-electron chi connectivity index (χ0n) is 19.7. The smallest absolute Gasteiger partial charge is 0.316 e. The number of rotatable bonds is 7. The van der Waals surface area contributed by atoms with Crippen LogP contribution in [0.5, 0.6) is 0 Å². The van der Waals surface area contributed by atoms with E-state index in [-0.39, 0.29) is 18.7 Å². The summed E-state index contributed by atoms with van der Waals surface area (Å²) in [5, 5.41) is 38.8. The first-order valence-electron chi connectivity index (χ1n) is 11.4. The summed E-state index contributed by atoms with van der Waals surface area (Å²) in [6.45, 7) is -1.98. The van der Waals surface area contributed by atoms with Crippen LogP contribution >= 0.6 is 0 Å². The number of carbonyl (C=O) groups is 1. The molecule has 16 nitrogen and oxygen atoms in total. The van der Waals surface area contributed by atoms with Crippen LogP contribution in [0.1, 0.15) is 37.2 Å². The molecule has 0 spiro atoms. The van der Waals surface area contributed by atoms with Crippen molar-refractivity contribution in [2.24, 2.45) is 0 Å². The molecule has 3 saturated heterocycles. The maximum absolute atomic E-state index is 12.4. The SMILES string of the molecule is CN1[C@@H]2CC[C@H]1C[C@@H](OC(=O)C(CO)c1ccccc1)C2.O=[N+]([O-])N1CN([N+](=O)[O-])CN([N+](=O)[O-])C1. The van der Waals surface area contributed by atoms with E-state index in [1.807, 2.05) is 30.3 Å². The Balaban J connectivity index is 0.000000214. The molecule has 0 radical (unpaired) electrons. The molecule has 16 heteroatoms. The molecule has 3 heterocycles. The maximum atomic E-state index is 12.4. The summed E-state index contributed by atoms with van der Waals surface area (Å²) < 4.78 is 5.70. The maximum Gasteiger partial charge on any atom is 0.316 e. The van der Waals surface area contributed by atoms with Crippen LogP contribution < -0.4 is 0 Å². The molecule has 0 saturated carbocycles. The van der Waals surface area contributed by atoms with Crippen molar-refractivity contribution in [3.8, 4) is 0 Å². The van der Waals surface area contributed by atoms with Gasteiger partial charge in [0.25, 0.3) is 0 Å². The molecular formula is C20H29N7O9. The number of nitro groups is 3. The van der Waals surface area contributed by atoms with Crippen LogP contribution in [0.25, 0.3) is 0 Å². The molecule has 0 aromatic heterocycles. The molecule has 4 rings (SSSR count). The topological polar surface area (TPSA) is 189 Å². The second-order valence-corrected chi connectivity index (χ2v) is 8.88. The van der Waals surface area contributed by atoms with Crippen molar-refractivity contribution in [2.75, 3.05) is 33.7 Å². The minimum absolute atomic E-state index is 0.00367. The van der Waals surface area contributed by atoms with Gasteiger partial charge in [0.2, 0.25) is 20.0 Å². The second-order valence-electron chi connectivity index (χ2n) is 8.88. The third-order valence-electron chi connectivity index (χ3n) is 6.68. The Hall–Kier alpha value is -3.79. The van der Waals surface area contributed by atoms with E-state index in [9.17, 15) is 40.2 Å². The Morgan fingerprint density at radius 3 is 1.78 bits per heavy atom. The molecule has 3 aliphatic heterocycles. The van der Waals surface area contributed by atoms with Crippen LogP contribution in [0.4, 0.5) is 0 Å². The van der Waals surface area contributed by atoms with Gasteiger partial charge < -0.3 is 14.7 Å². The third-order valence-corrected chi connectivity index (χ3v) is 6.68. The first-order chi connectivity index (χ1) is 17.1. The number of benzene rings is 1. The fourth-order valence-corrected chi connectivity index (χ4v) is 4.71. The van der Waals surface area contributed by atoms with Gasteiger partial charge in [0, 0.05) is 12.1 Å². The molecule has 3 aliphatic rings. The second kappa shape index (κ2) is 11.8. The molecule has 0 aliphatic carbocycles. The van der Waals surface area contributed by atoms with E-state index in [0.717, 1.165) is 18.4 Å². The van der Waals surface area contributed by atoms with Gasteiger partial charge in [0.05, 0.1) is 6.61 Å². The summed E-state index contributed by atoms with van der Waals surface area (Å²) in [7, 11) is 2.17. The highest BCUT2D eigenvalue weighted by Gasteiger charge is 2.41. The normalized spacial score (nSPS) is 24.4. The number of aliphatic hydroxyl groups is 1. The Kier molecular flexibility index (Phi) is 8.76. The summed E-state index contributed by atoms with van der Waals surface area (Å²) in [6, 6.07) is 10.5. The highest BCUT2D eigenvalue weighted by Crippen LogP contribution is 2.36. The van der Waals surface area contributed by atoms with Crippen LogP contribution in [0.2, 0.25) is 0 Å². The van der Waals surface area contributed by atoms with Gasteiger partial charge in [0.1, 0.15) is 12.0 Å². The molecule has 1 unspecified atom stereocenters. The van der Waals surface area contributed by atoms with Gasteiger partial charge in [-0.15, -0.1) is 0 Å². The zero-order chi connectivity index (χ0) is 26.4. The fraction of sp³-hybridized carbons (Fsp3) is 0.650. The molecule has 1 aromatic rings. The molecule has 1 aromatic carbocycles. The van der Waals surface area contributed by atoms with Gasteiger partial charge in [0.15, 0.2) is 15.1 Å². The van der Waals surface area contributed by atoms with Crippen LogP contribution in [0.15, 0.2) is 30.3 Å². The number of hydrogen-bond acceptors (Lipinski definition) is 10.